The molecule has 0 atom stereocenters. The minimum atomic E-state index is 0. The smallest absolute Gasteiger partial charge is 0 e. The molecule has 0 aliphatic carbocycles. The first kappa shape index (κ1) is 73.5. The van der Waals surface area contributed by atoms with Crippen LogP contribution in [-0.4, -0.2) is 86.8 Å². The molecule has 0 unspecified atom stereocenters. The fraction of sp³-hybridized carbons (Fsp3) is 0. The van der Waals surface area contributed by atoms with E-state index in [2.05, 4.69) is 0 Å². The van der Waals surface area contributed by atoms with E-state index >= 15 is 0 Å². The van der Waals surface area contributed by atoms with Crippen molar-refractivity contribution >= 4 is 86.8 Å². The zero-order valence-corrected chi connectivity index (χ0v) is 11.6. The van der Waals surface area contributed by atoms with Crippen molar-refractivity contribution in [2.45, 2.75) is 0 Å². The molecule has 31 valence electrons. The second-order valence-corrected chi connectivity index (χ2v) is 0. The fourth-order valence-corrected chi connectivity index (χ4v) is 0. The molecule has 0 bridgehead atoms. The Balaban J connectivity index is 0. The Hall–Kier alpha value is 3.70. The van der Waals surface area contributed by atoms with Crippen molar-refractivity contribution in [1.29, 1.82) is 0 Å². The van der Waals surface area contributed by atoms with Gasteiger partial charge < -0.3 is 0 Å². The Morgan fingerprint density at radius 3 is 0.286 bits per heavy atom. The third-order valence-electron chi connectivity index (χ3n) is 0. The van der Waals surface area contributed by atoms with Gasteiger partial charge in [-0.2, -0.15) is 0 Å². The maximum Gasteiger partial charge on any atom is 0 e. The summed E-state index contributed by atoms with van der Waals surface area (Å²) in [6.07, 6.45) is 0. The third kappa shape index (κ3) is 42.0. The minimum absolute atomic E-state index is 0. The van der Waals surface area contributed by atoms with Crippen LogP contribution in [0.2, 0.25) is 0 Å². The average molecular weight is 247 g/mol. The molecular weight excluding hydrogens is 247 g/mol. The normalized spacial score (nSPS) is 0. The van der Waals surface area contributed by atoms with Gasteiger partial charge in [-0.25, -0.2) is 0 Å². The van der Waals surface area contributed by atoms with Gasteiger partial charge in [0.15, 0.2) is 0 Å². The molecule has 0 spiro atoms. The molecule has 0 amide bonds. The van der Waals surface area contributed by atoms with Crippen molar-refractivity contribution in [3.63, 3.8) is 0 Å². The van der Waals surface area contributed by atoms with Crippen LogP contribution in [0.3, 0.4) is 0 Å². The number of hydrogen-bond donors (Lipinski definition) is 0. The standard InChI is InChI=1S/5Al.2Fe. The van der Waals surface area contributed by atoms with E-state index in [0.29, 0.717) is 0 Å². The van der Waals surface area contributed by atoms with Crippen LogP contribution in [-0.2, 0) is 34.1 Å². The van der Waals surface area contributed by atoms with Crippen molar-refractivity contribution in [3.05, 3.63) is 0 Å². The van der Waals surface area contributed by atoms with Crippen LogP contribution in [0.15, 0.2) is 0 Å². The van der Waals surface area contributed by atoms with Gasteiger partial charge in [0.2, 0.25) is 0 Å². The van der Waals surface area contributed by atoms with Gasteiger partial charge in [0.25, 0.3) is 0 Å². The van der Waals surface area contributed by atoms with Crippen molar-refractivity contribution in [2.24, 2.45) is 0 Å². The second-order valence-electron chi connectivity index (χ2n) is 0. The van der Waals surface area contributed by atoms with E-state index in [1.165, 1.54) is 0 Å². The third-order valence-corrected chi connectivity index (χ3v) is 0. The molecule has 0 aromatic carbocycles. The van der Waals surface area contributed by atoms with Gasteiger partial charge in [0, 0.05) is 121 Å². The summed E-state index contributed by atoms with van der Waals surface area (Å²) in [5.74, 6) is 0. The van der Waals surface area contributed by atoms with Crippen molar-refractivity contribution < 1.29 is 34.1 Å². The summed E-state index contributed by atoms with van der Waals surface area (Å²) < 4.78 is 0. The first-order chi connectivity index (χ1) is 0. The Morgan fingerprint density at radius 2 is 0.286 bits per heavy atom. The molecule has 0 heterocycles. The molecule has 0 fully saturated rings. The fourth-order valence-electron chi connectivity index (χ4n) is 0. The summed E-state index contributed by atoms with van der Waals surface area (Å²) in [4.78, 5) is 0. The molecule has 0 saturated heterocycles. The zero-order chi connectivity index (χ0) is 0. The predicted molar refractivity (Wildman–Crippen MR) is 28.8 cm³/mol. The van der Waals surface area contributed by atoms with Crippen molar-refractivity contribution in [3.8, 4) is 0 Å². The number of rotatable bonds is 0. The minimum Gasteiger partial charge on any atom is 0 e. The predicted octanol–water partition coefficient (Wildman–Crippen LogP) is -1.91. The molecule has 0 nitrogen and oxygen atoms in total. The quantitative estimate of drug-likeness (QED) is 0.438. The van der Waals surface area contributed by atoms with Crippen LogP contribution < -0.4 is 0 Å². The molecule has 0 aliphatic rings. The summed E-state index contributed by atoms with van der Waals surface area (Å²) >= 11 is 0. The summed E-state index contributed by atoms with van der Waals surface area (Å²) in [5.41, 5.74) is 0. The molecule has 0 aliphatic heterocycles. The molecule has 0 saturated carbocycles. The molecule has 7 heteroatoms. The molecule has 0 rings (SSSR count). The van der Waals surface area contributed by atoms with Gasteiger partial charge in [0.1, 0.15) is 0 Å². The molecule has 7 heavy (non-hydrogen) atoms. The Bertz CT molecular complexity index is 6.04. The van der Waals surface area contributed by atoms with E-state index in [-0.39, 0.29) is 121 Å². The summed E-state index contributed by atoms with van der Waals surface area (Å²) in [6, 6.07) is 0. The van der Waals surface area contributed by atoms with Gasteiger partial charge in [-0.15, -0.1) is 0 Å². The van der Waals surface area contributed by atoms with Gasteiger partial charge in [-0.05, 0) is 0 Å². The van der Waals surface area contributed by atoms with Crippen LogP contribution in [0.5, 0.6) is 0 Å². The summed E-state index contributed by atoms with van der Waals surface area (Å²) in [6.45, 7) is 0. The van der Waals surface area contributed by atoms with E-state index in [0.717, 1.165) is 0 Å². The first-order valence-electron chi connectivity index (χ1n) is 0. The average Bonchev–Trinajstić information content (AvgIpc) is 0. The maximum absolute atomic E-state index is 0. The van der Waals surface area contributed by atoms with E-state index in [1.807, 2.05) is 0 Å². The van der Waals surface area contributed by atoms with Gasteiger partial charge in [0.05, 0.1) is 0 Å². The van der Waals surface area contributed by atoms with Gasteiger partial charge in [-0.3, -0.25) is 0 Å². The SMILES string of the molecule is [Al].[Al].[Al].[Al].[Al].[Fe].[Fe]. The van der Waals surface area contributed by atoms with Crippen molar-refractivity contribution in [2.75, 3.05) is 0 Å². The van der Waals surface area contributed by atoms with E-state index < -0.39 is 0 Å². The van der Waals surface area contributed by atoms with Crippen LogP contribution in [0.1, 0.15) is 0 Å². The molecular formula is Al5Fe2. The zero-order valence-electron chi connectivity index (χ0n) is 3.59. The molecule has 0 aromatic rings. The van der Waals surface area contributed by atoms with Crippen LogP contribution in [0, 0.1) is 0 Å². The maximum atomic E-state index is 0. The van der Waals surface area contributed by atoms with Crippen LogP contribution >= 0.6 is 0 Å². The molecule has 15 radical (unpaired) electrons. The Morgan fingerprint density at radius 1 is 0.286 bits per heavy atom. The van der Waals surface area contributed by atoms with Gasteiger partial charge >= 0.3 is 0 Å². The van der Waals surface area contributed by atoms with Crippen LogP contribution in [0.4, 0.5) is 0 Å². The van der Waals surface area contributed by atoms with E-state index in [1.54, 1.807) is 0 Å². The van der Waals surface area contributed by atoms with Crippen molar-refractivity contribution in [1.82, 2.24) is 0 Å². The van der Waals surface area contributed by atoms with Gasteiger partial charge in [-0.1, -0.05) is 0 Å². The second kappa shape index (κ2) is 53.6. The number of hydrogen-bond acceptors (Lipinski definition) is 0. The molecule has 0 N–H and O–H groups in total. The topological polar surface area (TPSA) is 0 Å². The van der Waals surface area contributed by atoms with Crippen LogP contribution in [0.25, 0.3) is 0 Å². The molecule has 0 aromatic heterocycles. The Labute approximate surface area is 119 Å². The largest absolute Gasteiger partial charge is 0 e. The monoisotopic (exact) mass is 247 g/mol. The first-order valence-corrected chi connectivity index (χ1v) is 0. The Kier molecular flexibility index (Phi) is 563. The van der Waals surface area contributed by atoms with E-state index in [4.69, 9.17) is 0 Å². The summed E-state index contributed by atoms with van der Waals surface area (Å²) in [5, 5.41) is 0. The summed E-state index contributed by atoms with van der Waals surface area (Å²) in [7, 11) is 0. The van der Waals surface area contributed by atoms with E-state index in [9.17, 15) is 0 Å².